The lowest BCUT2D eigenvalue weighted by Gasteiger charge is -2.31. The molecule has 1 saturated heterocycles. The molecule has 29 nitrogen and oxygen atoms in total. The van der Waals surface area contributed by atoms with Crippen LogP contribution in [0.2, 0.25) is 0 Å². The van der Waals surface area contributed by atoms with Crippen LogP contribution >= 0.6 is 0 Å². The van der Waals surface area contributed by atoms with Crippen LogP contribution in [0.5, 0.6) is 5.75 Å². The lowest BCUT2D eigenvalue weighted by Crippen LogP contribution is -2.61. The van der Waals surface area contributed by atoms with Crippen LogP contribution in [0, 0.1) is 5.92 Å². The van der Waals surface area contributed by atoms with Gasteiger partial charge in [-0.25, -0.2) is 4.79 Å². The predicted octanol–water partition coefficient (Wildman–Crippen LogP) is -5.90. The summed E-state index contributed by atoms with van der Waals surface area (Å²) in [7, 11) is 0. The molecule has 0 saturated carbocycles. The molecule has 0 aromatic heterocycles. The number of hydrogen-bond acceptors (Lipinski definition) is 15. The van der Waals surface area contributed by atoms with Crippen molar-refractivity contribution in [3.8, 4) is 5.75 Å². The molecule has 0 unspecified atom stereocenters. The van der Waals surface area contributed by atoms with E-state index < -0.39 is 151 Å². The Morgan fingerprint density at radius 1 is 0.726 bits per heavy atom. The number of likely N-dealkylation sites (tertiary alicyclic amines) is 1. The van der Waals surface area contributed by atoms with E-state index in [4.69, 9.17) is 33.8 Å². The Balaban J connectivity index is 2.29. The SMILES string of the molecule is CC[C@H](C)[C@H](NC(=O)[C@@H](N)CC(=O)O)C(=O)N[C@@H](Cc1ccc(O)cc1)C(=O)N[C@@H](CC(N)=O)C(=O)N1CCC[C@H]1C(=O)N[C@@H](CCC(N)=O)C(=O)N[C@@H](C)C(=O)NCC(=O)N[C@@H](CCCN=C(N)N)C(=O)O. The van der Waals surface area contributed by atoms with E-state index in [1.165, 1.54) is 31.2 Å². The Kier molecular flexibility index (Phi) is 25.0. The fourth-order valence-electron chi connectivity index (χ4n) is 7.29. The average Bonchev–Trinajstić information content (AvgIpc) is 3.81. The van der Waals surface area contributed by atoms with E-state index in [2.05, 4.69) is 42.2 Å². The van der Waals surface area contributed by atoms with Gasteiger partial charge >= 0.3 is 11.9 Å². The number of nitrogens with two attached hydrogens (primary N) is 5. The Morgan fingerprint density at radius 2 is 1.36 bits per heavy atom. The molecule has 1 aliphatic rings. The van der Waals surface area contributed by atoms with Crippen molar-refractivity contribution in [2.24, 2.45) is 39.6 Å². The van der Waals surface area contributed by atoms with Crippen LogP contribution in [0.25, 0.3) is 0 Å². The smallest absolute Gasteiger partial charge is 0.326 e. The summed E-state index contributed by atoms with van der Waals surface area (Å²) in [4.78, 5) is 160. The summed E-state index contributed by atoms with van der Waals surface area (Å²) < 4.78 is 0. The molecule has 73 heavy (non-hydrogen) atoms. The van der Waals surface area contributed by atoms with Gasteiger partial charge in [-0.3, -0.25) is 57.7 Å². The van der Waals surface area contributed by atoms with Gasteiger partial charge < -0.3 is 86.1 Å². The van der Waals surface area contributed by atoms with Gasteiger partial charge in [0.2, 0.25) is 59.1 Å². The van der Waals surface area contributed by atoms with E-state index in [1.54, 1.807) is 13.8 Å². The third-order valence-electron chi connectivity index (χ3n) is 11.5. The van der Waals surface area contributed by atoms with E-state index in [-0.39, 0.29) is 63.3 Å². The zero-order valence-electron chi connectivity index (χ0n) is 40.7. The maximum absolute atomic E-state index is 14.3. The van der Waals surface area contributed by atoms with Crippen molar-refractivity contribution in [3.63, 3.8) is 0 Å². The van der Waals surface area contributed by atoms with Crippen LogP contribution in [0.4, 0.5) is 0 Å². The molecule has 9 atom stereocenters. The van der Waals surface area contributed by atoms with Gasteiger partial charge in [0.1, 0.15) is 48.0 Å². The number of primary amides is 2. The molecule has 1 heterocycles. The van der Waals surface area contributed by atoms with Crippen molar-refractivity contribution in [1.29, 1.82) is 0 Å². The van der Waals surface area contributed by atoms with Gasteiger partial charge in [-0.2, -0.15) is 0 Å². The van der Waals surface area contributed by atoms with Gasteiger partial charge in [0.15, 0.2) is 5.96 Å². The standard InChI is InChI=1S/C44H68N14O15/c1-4-21(2)35(57-37(66)25(45)18-34(63)64)41(70)55-28(17-23-9-11-24(59)12-10-23)39(68)56-29(19-32(47)61)42(71)58-16-6-8-30(58)40(69)54-26(13-14-31(46)60)38(67)52-22(3)36(65)51-20-33(62)53-27(43(72)73)7-5-15-50-44(48)49/h9-12,21-22,25-30,35,59H,4-8,13-20,45H2,1-3H3,(H2,46,60)(H2,47,61)(H,51,65)(H,52,67)(H,53,62)(H,54,69)(H,55,70)(H,56,68)(H,57,66)(H,63,64)(H,72,73)(H4,48,49,50)/t21-,22-,25-,26-,27-,28-,29-,30-,35-/m0/s1. The summed E-state index contributed by atoms with van der Waals surface area (Å²) in [5, 5.41) is 45.2. The number of aliphatic carboxylic acids is 2. The number of phenols is 1. The maximum atomic E-state index is 14.3. The van der Waals surface area contributed by atoms with Crippen molar-refractivity contribution < 1.29 is 72.9 Å². The van der Waals surface area contributed by atoms with Crippen LogP contribution in [-0.2, 0) is 64.0 Å². The minimum atomic E-state index is -1.74. The van der Waals surface area contributed by atoms with E-state index in [9.17, 15) is 67.7 Å². The number of amides is 10. The third kappa shape index (κ3) is 21.4. The van der Waals surface area contributed by atoms with E-state index >= 15 is 0 Å². The van der Waals surface area contributed by atoms with Crippen molar-refractivity contribution >= 4 is 77.0 Å². The normalized spacial score (nSPS) is 16.2. The number of rotatable bonds is 31. The highest BCUT2D eigenvalue weighted by atomic mass is 16.4. The van der Waals surface area contributed by atoms with Crippen LogP contribution < -0.4 is 65.9 Å². The Hall–Kier alpha value is -8.11. The van der Waals surface area contributed by atoms with Gasteiger partial charge in [0, 0.05) is 25.9 Å². The zero-order chi connectivity index (χ0) is 55.1. The molecule has 10 amide bonds. The highest BCUT2D eigenvalue weighted by Crippen LogP contribution is 2.21. The molecule has 29 heteroatoms. The molecule has 1 aliphatic heterocycles. The molecule has 0 radical (unpaired) electrons. The van der Waals surface area contributed by atoms with Gasteiger partial charge in [-0.1, -0.05) is 32.4 Å². The molecule has 1 aromatic carbocycles. The topological polar surface area (TPSA) is 495 Å². The first-order valence-corrected chi connectivity index (χ1v) is 23.2. The number of phenolic OH excluding ortho intramolecular Hbond substituents is 1. The van der Waals surface area contributed by atoms with Crippen LogP contribution in [-0.4, -0.2) is 165 Å². The van der Waals surface area contributed by atoms with Crippen molar-refractivity contribution in [3.05, 3.63) is 29.8 Å². The zero-order valence-corrected chi connectivity index (χ0v) is 40.7. The number of aromatic hydroxyl groups is 1. The second-order valence-corrected chi connectivity index (χ2v) is 17.4. The first-order valence-electron chi connectivity index (χ1n) is 23.2. The van der Waals surface area contributed by atoms with E-state index in [1.807, 2.05) is 0 Å². The number of hydrogen-bond donors (Lipinski definition) is 15. The van der Waals surface area contributed by atoms with Crippen molar-refractivity contribution in [1.82, 2.24) is 42.1 Å². The van der Waals surface area contributed by atoms with Crippen LogP contribution in [0.3, 0.4) is 0 Å². The molecule has 1 aromatic rings. The number of guanidine groups is 1. The molecule has 20 N–H and O–H groups in total. The predicted molar refractivity (Wildman–Crippen MR) is 256 cm³/mol. The number of benzene rings is 1. The number of aliphatic imine (C=N–C) groups is 1. The first kappa shape index (κ1) is 61.0. The minimum absolute atomic E-state index is 0.0111. The van der Waals surface area contributed by atoms with Gasteiger partial charge in [-0.05, 0) is 62.6 Å². The Labute approximate surface area is 419 Å². The van der Waals surface area contributed by atoms with Crippen LogP contribution in [0.15, 0.2) is 29.3 Å². The molecule has 0 spiro atoms. The Bertz CT molecular complexity index is 2210. The molecule has 2 rings (SSSR count). The minimum Gasteiger partial charge on any atom is -0.508 e. The van der Waals surface area contributed by atoms with E-state index in [0.29, 0.717) is 12.0 Å². The summed E-state index contributed by atoms with van der Waals surface area (Å²) in [5.41, 5.74) is 27.5. The van der Waals surface area contributed by atoms with Crippen LogP contribution in [0.1, 0.15) is 84.1 Å². The first-order chi connectivity index (χ1) is 34.2. The summed E-state index contributed by atoms with van der Waals surface area (Å²) in [6.45, 7) is 3.86. The fourth-order valence-corrected chi connectivity index (χ4v) is 7.29. The largest absolute Gasteiger partial charge is 0.508 e. The monoisotopic (exact) mass is 1030 g/mol. The number of carbonyl (C=O) groups is 12. The molecular formula is C44H68N14O15. The number of nitrogens with zero attached hydrogens (tertiary/aromatic N) is 2. The van der Waals surface area contributed by atoms with Gasteiger partial charge in [0.05, 0.1) is 25.4 Å². The van der Waals surface area contributed by atoms with Gasteiger partial charge in [0.25, 0.3) is 0 Å². The highest BCUT2D eigenvalue weighted by Gasteiger charge is 2.41. The fraction of sp³-hybridized carbons (Fsp3) is 0.568. The summed E-state index contributed by atoms with van der Waals surface area (Å²) in [5.74, 6) is -13.1. The summed E-state index contributed by atoms with van der Waals surface area (Å²) >= 11 is 0. The highest BCUT2D eigenvalue weighted by molar-refractivity contribution is 5.99. The van der Waals surface area contributed by atoms with Crippen molar-refractivity contribution in [2.75, 3.05) is 19.6 Å². The number of nitrogens with one attached hydrogen (secondary N) is 7. The quantitative estimate of drug-likeness (QED) is 0.0187. The second-order valence-electron chi connectivity index (χ2n) is 17.4. The molecular weight excluding hydrogens is 965 g/mol. The average molecular weight is 1030 g/mol. The molecule has 0 bridgehead atoms. The maximum Gasteiger partial charge on any atom is 0.326 e. The second kappa shape index (κ2) is 29.9. The van der Waals surface area contributed by atoms with Crippen molar-refractivity contribution in [2.45, 2.75) is 133 Å². The summed E-state index contributed by atoms with van der Waals surface area (Å²) in [6, 6.07) is -6.21. The molecule has 404 valence electrons. The number of carbonyl (C=O) groups excluding carboxylic acids is 10. The summed E-state index contributed by atoms with van der Waals surface area (Å²) in [6.07, 6.45) is -1.92. The third-order valence-corrected chi connectivity index (χ3v) is 11.5. The molecule has 0 aliphatic carbocycles. The lowest BCUT2D eigenvalue weighted by molar-refractivity contribution is -0.143. The molecule has 1 fully saturated rings. The lowest BCUT2D eigenvalue weighted by atomic mass is 9.96. The Morgan fingerprint density at radius 3 is 1.93 bits per heavy atom. The number of carboxylic acids is 2. The van der Waals surface area contributed by atoms with E-state index in [0.717, 1.165) is 4.90 Å². The number of carboxylic acid groups (broad SMARTS) is 2. The van der Waals surface area contributed by atoms with Gasteiger partial charge in [-0.15, -0.1) is 0 Å².